The molecule has 0 saturated heterocycles. The topological polar surface area (TPSA) is 12.5 Å². The molecule has 2 nitrogen and oxygen atoms in total. The molecule has 0 aromatic heterocycles. The maximum atomic E-state index is 6.90. The molecule has 0 N–H and O–H groups in total. The Kier molecular flexibility index (Phi) is 6.98. The van der Waals surface area contributed by atoms with Crippen molar-refractivity contribution in [2.45, 2.75) is 12.0 Å². The van der Waals surface area contributed by atoms with Gasteiger partial charge in [-0.05, 0) is 58.1 Å². The third-order valence-corrected chi connectivity index (χ3v) is 9.65. The maximum Gasteiger partial charge on any atom is 0.135 e. The van der Waals surface area contributed by atoms with E-state index in [1.165, 1.54) is 39.0 Å². The number of hydrogen-bond donors (Lipinski definition) is 0. The number of fused-ring (bicyclic) bond motifs is 5. The molecular formula is C46H33NO. The zero-order valence-electron chi connectivity index (χ0n) is 26.4. The maximum absolute atomic E-state index is 6.90. The molecule has 0 fully saturated rings. The zero-order chi connectivity index (χ0) is 31.9. The van der Waals surface area contributed by atoms with Crippen molar-refractivity contribution in [3.8, 4) is 28.0 Å². The number of benzene rings is 7. The van der Waals surface area contributed by atoms with Crippen molar-refractivity contribution in [3.63, 3.8) is 0 Å². The van der Waals surface area contributed by atoms with E-state index in [-0.39, 0.29) is 12.0 Å². The Bertz CT molecular complexity index is 2290. The second-order valence-electron chi connectivity index (χ2n) is 12.5. The summed E-state index contributed by atoms with van der Waals surface area (Å²) in [5.74, 6) is 1.11. The van der Waals surface area contributed by atoms with Crippen LogP contribution in [0, 0.1) is 0 Å². The van der Waals surface area contributed by atoms with E-state index < -0.39 is 0 Å². The minimum Gasteiger partial charge on any atom is -0.484 e. The first-order valence-electron chi connectivity index (χ1n) is 16.6. The summed E-state index contributed by atoms with van der Waals surface area (Å²) in [5.41, 5.74) is 11.8. The van der Waals surface area contributed by atoms with Crippen LogP contribution in [0.1, 0.15) is 17.0 Å². The van der Waals surface area contributed by atoms with Gasteiger partial charge in [0.05, 0.1) is 5.69 Å². The van der Waals surface area contributed by atoms with Gasteiger partial charge in [0.25, 0.3) is 0 Å². The van der Waals surface area contributed by atoms with Crippen LogP contribution in [0.3, 0.4) is 0 Å². The van der Waals surface area contributed by atoms with Crippen molar-refractivity contribution >= 4 is 33.4 Å². The first kappa shape index (κ1) is 28.1. The van der Waals surface area contributed by atoms with E-state index in [4.69, 9.17) is 4.74 Å². The van der Waals surface area contributed by atoms with Crippen LogP contribution in [0.25, 0.3) is 38.6 Å². The molecule has 2 atom stereocenters. The summed E-state index contributed by atoms with van der Waals surface area (Å²) in [6.45, 7) is 0. The van der Waals surface area contributed by atoms with Crippen LogP contribution < -0.4 is 9.64 Å². The lowest BCUT2D eigenvalue weighted by Gasteiger charge is -2.28. The van der Waals surface area contributed by atoms with Crippen molar-refractivity contribution in [2.75, 3.05) is 4.90 Å². The number of ether oxygens (including phenoxy) is 1. The van der Waals surface area contributed by atoms with Crippen LogP contribution in [0.2, 0.25) is 0 Å². The number of allylic oxidation sites excluding steroid dienone is 2. The molecule has 48 heavy (non-hydrogen) atoms. The molecule has 0 spiro atoms. The van der Waals surface area contributed by atoms with Gasteiger partial charge in [0.2, 0.25) is 0 Å². The minimum absolute atomic E-state index is 0.0659. The zero-order valence-corrected chi connectivity index (χ0v) is 26.4. The number of hydrogen-bond acceptors (Lipinski definition) is 2. The average molecular weight is 616 g/mol. The molecule has 9 rings (SSSR count). The standard InChI is InChI=1S/C46H33NO/c1-4-13-32(14-5-1)33-23-25-34(26-24-33)35-27-29-38(30-28-35)47(37-17-8-3-9-18-37)44-31-43-42-22-12-21-39(36-15-6-2-7-16-36)45(42)48-46(43)41-20-11-10-19-40(41)44/h1-31,42,45H. The van der Waals surface area contributed by atoms with Crippen LogP contribution in [0.4, 0.5) is 17.1 Å². The van der Waals surface area contributed by atoms with E-state index in [9.17, 15) is 0 Å². The molecule has 2 heteroatoms. The number of nitrogens with zero attached hydrogens (tertiary/aromatic N) is 1. The van der Waals surface area contributed by atoms with E-state index in [0.29, 0.717) is 0 Å². The van der Waals surface area contributed by atoms with Gasteiger partial charge < -0.3 is 9.64 Å². The Balaban J connectivity index is 1.13. The first-order chi connectivity index (χ1) is 23.8. The molecule has 7 aromatic rings. The molecule has 2 unspecified atom stereocenters. The van der Waals surface area contributed by atoms with Crippen LogP contribution in [-0.2, 0) is 0 Å². The summed E-state index contributed by atoms with van der Waals surface area (Å²) in [5, 5.41) is 2.30. The van der Waals surface area contributed by atoms with Gasteiger partial charge in [-0.25, -0.2) is 0 Å². The van der Waals surface area contributed by atoms with E-state index in [1.54, 1.807) is 0 Å². The molecule has 0 amide bonds. The molecule has 0 radical (unpaired) electrons. The van der Waals surface area contributed by atoms with E-state index >= 15 is 0 Å². The number of rotatable bonds is 6. The lowest BCUT2D eigenvalue weighted by molar-refractivity contribution is 0.281. The van der Waals surface area contributed by atoms with Gasteiger partial charge in [-0.15, -0.1) is 0 Å². The normalized spacial score (nSPS) is 16.1. The lowest BCUT2D eigenvalue weighted by Crippen LogP contribution is -2.21. The smallest absolute Gasteiger partial charge is 0.135 e. The first-order valence-corrected chi connectivity index (χ1v) is 16.6. The van der Waals surface area contributed by atoms with Crippen LogP contribution >= 0.6 is 0 Å². The molecule has 1 aliphatic carbocycles. The van der Waals surface area contributed by atoms with Gasteiger partial charge in [0, 0.05) is 39.2 Å². The summed E-state index contributed by atoms with van der Waals surface area (Å²) in [7, 11) is 0. The van der Waals surface area contributed by atoms with Crippen LogP contribution in [-0.4, -0.2) is 6.10 Å². The van der Waals surface area contributed by atoms with Crippen molar-refractivity contribution in [3.05, 3.63) is 199 Å². The molecule has 228 valence electrons. The molecule has 2 aliphatic rings. The fourth-order valence-electron chi connectivity index (χ4n) is 7.30. The minimum atomic E-state index is -0.0659. The average Bonchev–Trinajstić information content (AvgIpc) is 3.56. The Morgan fingerprint density at radius 3 is 1.60 bits per heavy atom. The summed E-state index contributed by atoms with van der Waals surface area (Å²) in [6, 6.07) is 60.7. The van der Waals surface area contributed by atoms with Gasteiger partial charge in [0.15, 0.2) is 0 Å². The summed E-state index contributed by atoms with van der Waals surface area (Å²) >= 11 is 0. The van der Waals surface area contributed by atoms with Crippen molar-refractivity contribution in [1.82, 2.24) is 0 Å². The highest BCUT2D eigenvalue weighted by atomic mass is 16.5. The van der Waals surface area contributed by atoms with E-state index in [1.807, 2.05) is 0 Å². The molecule has 0 saturated carbocycles. The SMILES string of the molecule is C1=CC2c3cc(N(c4ccccc4)c4ccc(-c5ccc(-c6ccccc6)cc5)cc4)c4ccccc4c3OC2C(c2ccccc2)=C1. The van der Waals surface area contributed by atoms with E-state index in [2.05, 4.69) is 193 Å². The highest BCUT2D eigenvalue weighted by molar-refractivity contribution is 6.04. The molecular weight excluding hydrogens is 583 g/mol. The molecule has 1 aliphatic heterocycles. The van der Waals surface area contributed by atoms with Gasteiger partial charge in [-0.3, -0.25) is 0 Å². The lowest BCUT2D eigenvalue weighted by atomic mass is 9.83. The fraction of sp³-hybridized carbons (Fsp3) is 0.0435. The van der Waals surface area contributed by atoms with Crippen molar-refractivity contribution in [1.29, 1.82) is 0 Å². The van der Waals surface area contributed by atoms with Gasteiger partial charge in [-0.1, -0.05) is 158 Å². The van der Waals surface area contributed by atoms with Gasteiger partial charge in [-0.2, -0.15) is 0 Å². The monoisotopic (exact) mass is 615 g/mol. The number of para-hydroxylation sites is 1. The second kappa shape index (κ2) is 11.9. The summed E-state index contributed by atoms with van der Waals surface area (Å²) < 4.78 is 6.90. The Morgan fingerprint density at radius 1 is 0.458 bits per heavy atom. The third kappa shape index (κ3) is 4.90. The largest absolute Gasteiger partial charge is 0.484 e. The summed E-state index contributed by atoms with van der Waals surface area (Å²) in [6.07, 6.45) is 6.63. The Morgan fingerprint density at radius 2 is 0.958 bits per heavy atom. The van der Waals surface area contributed by atoms with E-state index in [0.717, 1.165) is 33.6 Å². The quantitative estimate of drug-likeness (QED) is 0.185. The molecule has 1 heterocycles. The van der Waals surface area contributed by atoms with Gasteiger partial charge in [0.1, 0.15) is 11.9 Å². The highest BCUT2D eigenvalue weighted by Crippen LogP contribution is 2.52. The molecule has 0 bridgehead atoms. The predicted molar refractivity (Wildman–Crippen MR) is 200 cm³/mol. The third-order valence-electron chi connectivity index (χ3n) is 9.65. The number of anilines is 3. The second-order valence-corrected chi connectivity index (χ2v) is 12.5. The van der Waals surface area contributed by atoms with Crippen LogP contribution in [0.5, 0.6) is 5.75 Å². The highest BCUT2D eigenvalue weighted by Gasteiger charge is 2.39. The predicted octanol–water partition coefficient (Wildman–Crippen LogP) is 12.1. The molecule has 7 aromatic carbocycles. The Hall–Kier alpha value is -6.12. The fourth-order valence-corrected chi connectivity index (χ4v) is 7.30. The van der Waals surface area contributed by atoms with Gasteiger partial charge >= 0.3 is 0 Å². The van der Waals surface area contributed by atoms with Crippen LogP contribution in [0.15, 0.2) is 188 Å². The Labute approximate surface area is 281 Å². The summed E-state index contributed by atoms with van der Waals surface area (Å²) in [4.78, 5) is 2.39. The van der Waals surface area contributed by atoms with Crippen molar-refractivity contribution in [2.24, 2.45) is 0 Å². The van der Waals surface area contributed by atoms with Crippen molar-refractivity contribution < 1.29 is 4.74 Å².